The molecule has 0 amide bonds. The first-order valence-electron chi connectivity index (χ1n) is 5.21. The summed E-state index contributed by atoms with van der Waals surface area (Å²) in [5, 5.41) is 3.44. The summed E-state index contributed by atoms with van der Waals surface area (Å²) in [6.45, 7) is 1.09. The van der Waals surface area contributed by atoms with Crippen LogP contribution >= 0.6 is 11.6 Å². The zero-order chi connectivity index (χ0) is 12.9. The number of hydrogen-bond acceptors (Lipinski definition) is 3. The molecular formula is C11H15ClFNO2S. The lowest BCUT2D eigenvalue weighted by atomic mass is 10.2. The van der Waals surface area contributed by atoms with E-state index in [4.69, 9.17) is 11.6 Å². The maximum absolute atomic E-state index is 12.8. The minimum atomic E-state index is -2.90. The Balaban J connectivity index is 2.32. The van der Waals surface area contributed by atoms with Gasteiger partial charge in [-0.2, -0.15) is 0 Å². The first kappa shape index (κ1) is 14.4. The molecule has 0 heterocycles. The molecule has 0 aliphatic carbocycles. The molecule has 1 aromatic carbocycles. The average Bonchev–Trinajstić information content (AvgIpc) is 2.18. The number of halogens is 2. The van der Waals surface area contributed by atoms with E-state index in [-0.39, 0.29) is 11.6 Å². The largest absolute Gasteiger partial charge is 0.313 e. The van der Waals surface area contributed by atoms with Gasteiger partial charge in [-0.05, 0) is 30.7 Å². The molecule has 96 valence electrons. The molecule has 0 fully saturated rings. The number of hydrogen-bond donors (Lipinski definition) is 1. The number of rotatable bonds is 6. The summed E-state index contributed by atoms with van der Waals surface area (Å²) in [5.74, 6) is -0.201. The first-order valence-corrected chi connectivity index (χ1v) is 7.65. The van der Waals surface area contributed by atoms with E-state index in [0.717, 1.165) is 5.56 Å². The van der Waals surface area contributed by atoms with Crippen LogP contribution in [0.3, 0.4) is 0 Å². The molecule has 0 aromatic heterocycles. The summed E-state index contributed by atoms with van der Waals surface area (Å²) in [4.78, 5) is 0. The van der Waals surface area contributed by atoms with E-state index in [1.165, 1.54) is 18.4 Å². The van der Waals surface area contributed by atoms with Gasteiger partial charge < -0.3 is 5.32 Å². The van der Waals surface area contributed by atoms with Gasteiger partial charge in [0.25, 0.3) is 0 Å². The Bertz CT molecular complexity index is 476. The van der Waals surface area contributed by atoms with Gasteiger partial charge in [-0.25, -0.2) is 12.8 Å². The SMILES string of the molecule is CS(=O)(=O)CCCNCc1ccc(F)cc1Cl. The van der Waals surface area contributed by atoms with E-state index < -0.39 is 9.84 Å². The summed E-state index contributed by atoms with van der Waals surface area (Å²) >= 11 is 5.84. The summed E-state index contributed by atoms with van der Waals surface area (Å²) in [6, 6.07) is 4.22. The highest BCUT2D eigenvalue weighted by molar-refractivity contribution is 7.90. The first-order chi connectivity index (χ1) is 7.88. The summed E-state index contributed by atoms with van der Waals surface area (Å²) in [7, 11) is -2.90. The van der Waals surface area contributed by atoms with Crippen LogP contribution < -0.4 is 5.32 Å². The predicted molar refractivity (Wildman–Crippen MR) is 67.4 cm³/mol. The molecule has 0 saturated carbocycles. The third-order valence-electron chi connectivity index (χ3n) is 2.20. The molecule has 0 aliphatic heterocycles. The molecule has 0 aliphatic rings. The fourth-order valence-corrected chi connectivity index (χ4v) is 2.25. The molecule has 6 heteroatoms. The van der Waals surface area contributed by atoms with Crippen molar-refractivity contribution in [3.63, 3.8) is 0 Å². The van der Waals surface area contributed by atoms with E-state index in [9.17, 15) is 12.8 Å². The Hall–Kier alpha value is -0.650. The summed E-state index contributed by atoms with van der Waals surface area (Å²) in [6.07, 6.45) is 1.77. The van der Waals surface area contributed by atoms with Gasteiger partial charge in [0.05, 0.1) is 5.75 Å². The second-order valence-electron chi connectivity index (χ2n) is 3.90. The van der Waals surface area contributed by atoms with Crippen LogP contribution in [0.25, 0.3) is 0 Å². The maximum atomic E-state index is 12.8. The Labute approximate surface area is 106 Å². The van der Waals surface area contributed by atoms with Crippen LogP contribution in [-0.4, -0.2) is 27.0 Å². The number of nitrogens with one attached hydrogen (secondary N) is 1. The highest BCUT2D eigenvalue weighted by atomic mass is 35.5. The zero-order valence-electron chi connectivity index (χ0n) is 9.54. The fourth-order valence-electron chi connectivity index (χ4n) is 1.35. The van der Waals surface area contributed by atoms with E-state index in [1.54, 1.807) is 6.07 Å². The van der Waals surface area contributed by atoms with Gasteiger partial charge >= 0.3 is 0 Å². The zero-order valence-corrected chi connectivity index (χ0v) is 11.1. The lowest BCUT2D eigenvalue weighted by molar-refractivity contribution is 0.594. The molecule has 0 saturated heterocycles. The molecule has 3 nitrogen and oxygen atoms in total. The third-order valence-corrected chi connectivity index (χ3v) is 3.58. The van der Waals surface area contributed by atoms with Gasteiger partial charge in [-0.1, -0.05) is 17.7 Å². The van der Waals surface area contributed by atoms with Crippen molar-refractivity contribution in [1.82, 2.24) is 5.32 Å². The normalized spacial score (nSPS) is 11.7. The van der Waals surface area contributed by atoms with E-state index in [2.05, 4.69) is 5.32 Å². The van der Waals surface area contributed by atoms with Crippen molar-refractivity contribution in [2.24, 2.45) is 0 Å². The van der Waals surface area contributed by atoms with Gasteiger partial charge in [0.15, 0.2) is 0 Å². The molecular weight excluding hydrogens is 265 g/mol. The summed E-state index contributed by atoms with van der Waals surface area (Å²) < 4.78 is 34.5. The van der Waals surface area contributed by atoms with Crippen molar-refractivity contribution < 1.29 is 12.8 Å². The standard InChI is InChI=1S/C11H15ClFNO2S/c1-17(15,16)6-2-5-14-8-9-3-4-10(13)7-11(9)12/h3-4,7,14H,2,5-6,8H2,1H3. The molecule has 0 radical (unpaired) electrons. The molecule has 1 N–H and O–H groups in total. The highest BCUT2D eigenvalue weighted by Crippen LogP contribution is 2.16. The molecule has 0 unspecified atom stereocenters. The molecule has 0 spiro atoms. The highest BCUT2D eigenvalue weighted by Gasteiger charge is 2.03. The smallest absolute Gasteiger partial charge is 0.147 e. The van der Waals surface area contributed by atoms with Gasteiger partial charge in [-0.15, -0.1) is 0 Å². The van der Waals surface area contributed by atoms with Crippen molar-refractivity contribution in [3.8, 4) is 0 Å². The Morgan fingerprint density at radius 3 is 2.71 bits per heavy atom. The van der Waals surface area contributed by atoms with Crippen molar-refractivity contribution in [2.75, 3.05) is 18.6 Å². The van der Waals surface area contributed by atoms with Crippen molar-refractivity contribution >= 4 is 21.4 Å². The van der Waals surface area contributed by atoms with Crippen LogP contribution in [0.5, 0.6) is 0 Å². The third kappa shape index (κ3) is 6.00. The monoisotopic (exact) mass is 279 g/mol. The fraction of sp³-hybridized carbons (Fsp3) is 0.455. The predicted octanol–water partition coefficient (Wildman–Crippen LogP) is 2.00. The molecule has 1 rings (SSSR count). The Morgan fingerprint density at radius 1 is 1.41 bits per heavy atom. The van der Waals surface area contributed by atoms with Crippen molar-refractivity contribution in [2.45, 2.75) is 13.0 Å². The second-order valence-corrected chi connectivity index (χ2v) is 6.56. The topological polar surface area (TPSA) is 46.2 Å². The summed E-state index contributed by atoms with van der Waals surface area (Å²) in [5.41, 5.74) is 0.799. The van der Waals surface area contributed by atoms with Crippen LogP contribution in [-0.2, 0) is 16.4 Å². The van der Waals surface area contributed by atoms with Crippen LogP contribution in [0.4, 0.5) is 4.39 Å². The van der Waals surface area contributed by atoms with E-state index >= 15 is 0 Å². The minimum absolute atomic E-state index is 0.164. The van der Waals surface area contributed by atoms with Gasteiger partial charge in [-0.3, -0.25) is 0 Å². The Kier molecular flexibility index (Phi) is 5.36. The molecule has 17 heavy (non-hydrogen) atoms. The van der Waals surface area contributed by atoms with Gasteiger partial charge in [0.1, 0.15) is 15.7 Å². The second kappa shape index (κ2) is 6.33. The number of sulfone groups is 1. The quantitative estimate of drug-likeness (QED) is 0.810. The van der Waals surface area contributed by atoms with Gasteiger partial charge in [0.2, 0.25) is 0 Å². The average molecular weight is 280 g/mol. The maximum Gasteiger partial charge on any atom is 0.147 e. The lowest BCUT2D eigenvalue weighted by Gasteiger charge is -2.06. The van der Waals surface area contributed by atoms with Crippen molar-refractivity contribution in [3.05, 3.63) is 34.6 Å². The van der Waals surface area contributed by atoms with E-state index in [1.807, 2.05) is 0 Å². The minimum Gasteiger partial charge on any atom is -0.313 e. The number of benzene rings is 1. The van der Waals surface area contributed by atoms with Crippen LogP contribution in [0, 0.1) is 5.82 Å². The van der Waals surface area contributed by atoms with Crippen LogP contribution in [0.2, 0.25) is 5.02 Å². The van der Waals surface area contributed by atoms with Crippen molar-refractivity contribution in [1.29, 1.82) is 0 Å². The van der Waals surface area contributed by atoms with Crippen LogP contribution in [0.1, 0.15) is 12.0 Å². The molecule has 0 bridgehead atoms. The molecule has 0 atom stereocenters. The van der Waals surface area contributed by atoms with Gasteiger partial charge in [0, 0.05) is 17.8 Å². The molecule has 1 aromatic rings. The lowest BCUT2D eigenvalue weighted by Crippen LogP contribution is -2.18. The Morgan fingerprint density at radius 2 is 2.12 bits per heavy atom. The van der Waals surface area contributed by atoms with Crippen LogP contribution in [0.15, 0.2) is 18.2 Å². The van der Waals surface area contributed by atoms with E-state index in [0.29, 0.717) is 24.5 Å².